The molecule has 0 fully saturated rings. The molecule has 0 bridgehead atoms. The Labute approximate surface area is 177 Å². The van der Waals surface area contributed by atoms with Crippen molar-refractivity contribution in [1.82, 2.24) is 0 Å². The van der Waals surface area contributed by atoms with Gasteiger partial charge in [0.1, 0.15) is 11.5 Å². The molecule has 0 aromatic heterocycles. The van der Waals surface area contributed by atoms with E-state index in [1.54, 1.807) is 13.2 Å². The van der Waals surface area contributed by atoms with E-state index in [0.29, 0.717) is 0 Å². The molecule has 0 heterocycles. The van der Waals surface area contributed by atoms with Crippen molar-refractivity contribution in [3.05, 3.63) is 82.4 Å². The van der Waals surface area contributed by atoms with Gasteiger partial charge >= 0.3 is 5.97 Å². The minimum Gasteiger partial charge on any atom is -0.497 e. The number of carbonyl (C=O) groups is 1. The van der Waals surface area contributed by atoms with Crippen LogP contribution >= 0.6 is 0 Å². The molecule has 30 heavy (non-hydrogen) atoms. The minimum atomic E-state index is -0.542. The van der Waals surface area contributed by atoms with Gasteiger partial charge in [-0.15, -0.1) is 0 Å². The highest BCUT2D eigenvalue weighted by molar-refractivity contribution is 5.85. The van der Waals surface area contributed by atoms with E-state index in [0.717, 1.165) is 36.1 Å². The van der Waals surface area contributed by atoms with E-state index in [2.05, 4.69) is 6.92 Å². The zero-order chi connectivity index (χ0) is 21.8. The Morgan fingerprint density at radius 3 is 2.27 bits per heavy atom. The summed E-state index contributed by atoms with van der Waals surface area (Å²) in [6, 6.07) is 13.2. The molecule has 0 radical (unpaired) electrons. The average Bonchev–Trinajstić information content (AvgIpc) is 2.76. The van der Waals surface area contributed by atoms with Crippen LogP contribution in [0.15, 0.2) is 66.8 Å². The van der Waals surface area contributed by atoms with E-state index in [4.69, 9.17) is 9.47 Å². The lowest BCUT2D eigenvalue weighted by atomic mass is 9.98. The molecule has 0 spiro atoms. The molecule has 0 saturated carbocycles. The third kappa shape index (κ3) is 7.54. The summed E-state index contributed by atoms with van der Waals surface area (Å²) in [6.45, 7) is 2.18. The second-order valence-electron chi connectivity index (χ2n) is 6.76. The topological polar surface area (TPSA) is 78.7 Å². The van der Waals surface area contributed by atoms with E-state index < -0.39 is 10.9 Å². The van der Waals surface area contributed by atoms with Gasteiger partial charge in [-0.2, -0.15) is 0 Å². The van der Waals surface area contributed by atoms with Gasteiger partial charge in [0.15, 0.2) is 0 Å². The standard InChI is InChI=1S/C24H27NO5/c1-3-4-5-6-8-19(20-11-15-22(29-2)16-12-20)9-7-10-24(26)30-23-17-13-21(14-18-23)25(27)28/h7,9-18H,3-6,8H2,1-2H3. The molecule has 0 amide bonds. The SMILES string of the molecule is CCCCCCC(=CC=CC(=O)Oc1ccc([N+](=O)[O-])cc1)c1ccc(OC)cc1. The van der Waals surface area contributed by atoms with E-state index in [1.807, 2.05) is 30.3 Å². The number of rotatable bonds is 11. The molecule has 0 aliphatic carbocycles. The number of nitro groups is 1. The summed E-state index contributed by atoms with van der Waals surface area (Å²) in [7, 11) is 1.63. The van der Waals surface area contributed by atoms with Gasteiger partial charge in [0.25, 0.3) is 5.69 Å². The highest BCUT2D eigenvalue weighted by atomic mass is 16.6. The van der Waals surface area contributed by atoms with Gasteiger partial charge < -0.3 is 9.47 Å². The first-order valence-electron chi connectivity index (χ1n) is 10.0. The van der Waals surface area contributed by atoms with E-state index in [1.165, 1.54) is 43.2 Å². The van der Waals surface area contributed by atoms with Gasteiger partial charge in [0.05, 0.1) is 12.0 Å². The summed E-state index contributed by atoms with van der Waals surface area (Å²) in [6.07, 6.45) is 10.5. The van der Waals surface area contributed by atoms with E-state index in [-0.39, 0.29) is 11.4 Å². The molecule has 2 aromatic carbocycles. The van der Waals surface area contributed by atoms with Crippen LogP contribution < -0.4 is 9.47 Å². The number of nitrogens with zero attached hydrogens (tertiary/aromatic N) is 1. The van der Waals surface area contributed by atoms with Crippen LogP contribution in [0.1, 0.15) is 44.6 Å². The highest BCUT2D eigenvalue weighted by Gasteiger charge is 2.06. The lowest BCUT2D eigenvalue weighted by molar-refractivity contribution is -0.384. The molecule has 0 aliphatic rings. The van der Waals surface area contributed by atoms with E-state index >= 15 is 0 Å². The minimum absolute atomic E-state index is 0.0551. The molecule has 0 N–H and O–H groups in total. The second-order valence-corrected chi connectivity index (χ2v) is 6.76. The normalized spacial score (nSPS) is 11.5. The summed E-state index contributed by atoms with van der Waals surface area (Å²) in [5.41, 5.74) is 2.16. The maximum Gasteiger partial charge on any atom is 0.336 e. The van der Waals surface area contributed by atoms with Crippen LogP contribution in [0.25, 0.3) is 5.57 Å². The van der Waals surface area contributed by atoms with Crippen molar-refractivity contribution in [3.8, 4) is 11.5 Å². The Bertz CT molecular complexity index is 883. The molecule has 0 atom stereocenters. The number of unbranched alkanes of at least 4 members (excludes halogenated alkanes) is 3. The number of allylic oxidation sites excluding steroid dienone is 3. The summed E-state index contributed by atoms with van der Waals surface area (Å²) < 4.78 is 10.4. The number of nitro benzene ring substituents is 1. The molecular weight excluding hydrogens is 382 g/mol. The van der Waals surface area contributed by atoms with Crippen molar-refractivity contribution in [2.24, 2.45) is 0 Å². The Kier molecular flexibility index (Phi) is 9.31. The van der Waals surface area contributed by atoms with Gasteiger partial charge in [-0.25, -0.2) is 4.79 Å². The molecule has 0 saturated heterocycles. The number of esters is 1. The van der Waals surface area contributed by atoms with Crippen LogP contribution in [0.3, 0.4) is 0 Å². The fourth-order valence-corrected chi connectivity index (χ4v) is 2.90. The molecule has 2 rings (SSSR count). The number of carbonyl (C=O) groups excluding carboxylic acids is 1. The molecular formula is C24H27NO5. The number of hydrogen-bond donors (Lipinski definition) is 0. The first-order chi connectivity index (χ1) is 14.5. The Balaban J connectivity index is 2.04. The number of hydrogen-bond acceptors (Lipinski definition) is 5. The monoisotopic (exact) mass is 409 g/mol. The maximum absolute atomic E-state index is 12.0. The zero-order valence-corrected chi connectivity index (χ0v) is 17.4. The van der Waals surface area contributed by atoms with Gasteiger partial charge in [-0.05, 0) is 48.2 Å². The number of non-ortho nitro benzene ring substituents is 1. The molecule has 0 aliphatic heterocycles. The highest BCUT2D eigenvalue weighted by Crippen LogP contribution is 2.24. The van der Waals surface area contributed by atoms with Crippen molar-refractivity contribution < 1.29 is 19.2 Å². The van der Waals surface area contributed by atoms with Gasteiger partial charge in [-0.3, -0.25) is 10.1 Å². The summed E-state index contributed by atoms with van der Waals surface area (Å²) in [4.78, 5) is 22.2. The van der Waals surface area contributed by atoms with Crippen LogP contribution in [0.2, 0.25) is 0 Å². The van der Waals surface area contributed by atoms with Crippen LogP contribution in [0, 0.1) is 10.1 Å². The van der Waals surface area contributed by atoms with Crippen LogP contribution in [0.4, 0.5) is 5.69 Å². The average molecular weight is 409 g/mol. The van der Waals surface area contributed by atoms with Gasteiger partial charge in [0, 0.05) is 18.2 Å². The number of methoxy groups -OCH3 is 1. The van der Waals surface area contributed by atoms with Crippen LogP contribution in [0.5, 0.6) is 11.5 Å². The predicted molar refractivity (Wildman–Crippen MR) is 118 cm³/mol. The number of benzene rings is 2. The molecule has 6 nitrogen and oxygen atoms in total. The zero-order valence-electron chi connectivity index (χ0n) is 17.4. The van der Waals surface area contributed by atoms with Crippen molar-refractivity contribution in [1.29, 1.82) is 0 Å². The summed E-state index contributed by atoms with van der Waals surface area (Å²) in [5.74, 6) is 0.514. The lowest BCUT2D eigenvalue weighted by Crippen LogP contribution is -2.03. The molecule has 158 valence electrons. The fraction of sp³-hybridized carbons (Fsp3) is 0.292. The van der Waals surface area contributed by atoms with Crippen molar-refractivity contribution in [3.63, 3.8) is 0 Å². The Morgan fingerprint density at radius 2 is 1.67 bits per heavy atom. The third-order valence-corrected chi connectivity index (χ3v) is 4.56. The van der Waals surface area contributed by atoms with Crippen LogP contribution in [-0.4, -0.2) is 18.0 Å². The molecule has 0 unspecified atom stereocenters. The largest absolute Gasteiger partial charge is 0.497 e. The third-order valence-electron chi connectivity index (χ3n) is 4.56. The molecule has 6 heteroatoms. The lowest BCUT2D eigenvalue weighted by Gasteiger charge is -2.08. The predicted octanol–water partition coefficient (Wildman–Crippen LogP) is 6.12. The first-order valence-corrected chi connectivity index (χ1v) is 10.0. The van der Waals surface area contributed by atoms with Gasteiger partial charge in [-0.1, -0.05) is 50.5 Å². The quantitative estimate of drug-likeness (QED) is 0.0850. The van der Waals surface area contributed by atoms with Crippen molar-refractivity contribution >= 4 is 17.2 Å². The second kappa shape index (κ2) is 12.2. The van der Waals surface area contributed by atoms with Crippen molar-refractivity contribution in [2.45, 2.75) is 39.0 Å². The Hall–Kier alpha value is -3.41. The maximum atomic E-state index is 12.0. The fourth-order valence-electron chi connectivity index (χ4n) is 2.90. The van der Waals surface area contributed by atoms with E-state index in [9.17, 15) is 14.9 Å². The first kappa shape index (κ1) is 22.9. The van der Waals surface area contributed by atoms with Crippen LogP contribution in [-0.2, 0) is 4.79 Å². The molecule has 2 aromatic rings. The van der Waals surface area contributed by atoms with Crippen molar-refractivity contribution in [2.75, 3.05) is 7.11 Å². The Morgan fingerprint density at radius 1 is 1.00 bits per heavy atom. The summed E-state index contributed by atoms with van der Waals surface area (Å²) >= 11 is 0. The number of ether oxygens (including phenoxy) is 2. The van der Waals surface area contributed by atoms with Gasteiger partial charge in [0.2, 0.25) is 0 Å². The smallest absolute Gasteiger partial charge is 0.336 e. The summed E-state index contributed by atoms with van der Waals surface area (Å²) in [5, 5.41) is 10.7.